The van der Waals surface area contributed by atoms with E-state index in [9.17, 15) is 0 Å². The summed E-state index contributed by atoms with van der Waals surface area (Å²) in [7, 11) is 0. The minimum Gasteiger partial charge on any atom is -1.00 e. The van der Waals surface area contributed by atoms with Crippen LogP contribution in [0, 0.1) is 0 Å². The van der Waals surface area contributed by atoms with Gasteiger partial charge in [0.05, 0.1) is 0 Å². The van der Waals surface area contributed by atoms with Crippen LogP contribution in [0.15, 0.2) is 146 Å². The van der Waals surface area contributed by atoms with E-state index in [4.69, 9.17) is 0 Å². The smallest absolute Gasteiger partial charge is 1.00 e. The van der Waals surface area contributed by atoms with Crippen LogP contribution in [0.1, 0.15) is 50.7 Å². The zero-order valence-electron chi connectivity index (χ0n) is 29.8. The molecule has 0 bridgehead atoms. The average molecular weight is 787 g/mol. The standard InChI is InChI=1S/2C22H19.C2H6Si.2ClH.Zr/c2*1-15(2)21-14-17-9-4-6-12-19(17)22(21)20-13-7-10-16-8-3-5-11-18(16)20;1-3-2;;;/h2*3-15H,1-2H3;1-2H3;2*1H;/q2*-1;;;;+2/p-2. The number of hydrogen-bond acceptors (Lipinski definition) is 0. The zero-order chi connectivity index (χ0) is 33.8. The van der Waals surface area contributed by atoms with Gasteiger partial charge in [0.25, 0.3) is 0 Å². The van der Waals surface area contributed by atoms with Crippen molar-refractivity contribution in [3.63, 3.8) is 0 Å². The number of rotatable bonds is 4. The van der Waals surface area contributed by atoms with Crippen molar-refractivity contribution in [2.75, 3.05) is 0 Å². The molecule has 0 aromatic heterocycles. The maximum Gasteiger partial charge on any atom is -1.00 e. The molecule has 0 unspecified atom stereocenters. The molecule has 0 aliphatic carbocycles. The average Bonchev–Trinajstić information content (AvgIpc) is 3.68. The van der Waals surface area contributed by atoms with Gasteiger partial charge in [-0.2, -0.15) is 0 Å². The first-order chi connectivity index (χ1) is 23.2. The Balaban J connectivity index is 0.000000196. The monoisotopic (exact) mass is 784 g/mol. The molecule has 0 aliphatic heterocycles. The van der Waals surface area contributed by atoms with Gasteiger partial charge in [-0.25, -0.2) is 0 Å². The Morgan fingerprint density at radius 2 is 0.740 bits per heavy atom. The second-order valence-corrected chi connectivity index (χ2v) is 22.9. The first-order valence-corrected chi connectivity index (χ1v) is 23.3. The summed E-state index contributed by atoms with van der Waals surface area (Å²) >= 11 is 1.74. The van der Waals surface area contributed by atoms with Crippen molar-refractivity contribution in [3.05, 3.63) is 157 Å². The van der Waals surface area contributed by atoms with Gasteiger partial charge in [-0.05, 0) is 33.4 Å². The Bertz CT molecular complexity index is 2180. The van der Waals surface area contributed by atoms with Gasteiger partial charge in [0, 0.05) is 0 Å². The third-order valence-electron chi connectivity index (χ3n) is 9.02. The molecular weight excluding hydrogens is 743 g/mol. The minimum absolute atomic E-state index is 0. The van der Waals surface area contributed by atoms with E-state index in [1.807, 2.05) is 0 Å². The van der Waals surface area contributed by atoms with Crippen LogP contribution in [0.5, 0.6) is 0 Å². The van der Waals surface area contributed by atoms with Crippen LogP contribution >= 0.6 is 0 Å². The summed E-state index contributed by atoms with van der Waals surface area (Å²) < 4.78 is 0. The molecule has 0 saturated heterocycles. The summed E-state index contributed by atoms with van der Waals surface area (Å²) in [5.74, 6) is 1.03. The van der Waals surface area contributed by atoms with Gasteiger partial charge < -0.3 is 24.8 Å². The fourth-order valence-corrected chi connectivity index (χ4v) is 6.89. The number of fused-ring (bicyclic) bond motifs is 4. The van der Waals surface area contributed by atoms with Gasteiger partial charge in [0.15, 0.2) is 0 Å². The van der Waals surface area contributed by atoms with E-state index in [2.05, 4.69) is 186 Å². The van der Waals surface area contributed by atoms with E-state index in [1.54, 1.807) is 23.3 Å². The quantitative estimate of drug-likeness (QED) is 0.126. The molecule has 8 aromatic rings. The maximum atomic E-state index is 2.36. The number of hydrogen-bond donors (Lipinski definition) is 0. The van der Waals surface area contributed by atoms with Crippen molar-refractivity contribution in [3.8, 4) is 22.3 Å². The molecule has 4 heteroatoms. The number of benzene rings is 6. The van der Waals surface area contributed by atoms with E-state index >= 15 is 0 Å². The van der Waals surface area contributed by atoms with Crippen LogP contribution in [0.25, 0.3) is 65.3 Å². The summed E-state index contributed by atoms with van der Waals surface area (Å²) in [6, 6.07) is 52.8. The van der Waals surface area contributed by atoms with E-state index in [-0.39, 0.29) is 30.2 Å². The molecule has 0 atom stereocenters. The fraction of sp³-hybridized carbons (Fsp3) is 0.174. The van der Waals surface area contributed by atoms with Gasteiger partial charge in [0.2, 0.25) is 0 Å². The van der Waals surface area contributed by atoms with Gasteiger partial charge in [0.1, 0.15) is 0 Å². The molecule has 0 nitrogen and oxygen atoms in total. The van der Waals surface area contributed by atoms with Crippen LogP contribution in [0.4, 0.5) is 0 Å². The van der Waals surface area contributed by atoms with Crippen molar-refractivity contribution < 1.29 is 48.1 Å². The van der Waals surface area contributed by atoms with Crippen molar-refractivity contribution in [2.24, 2.45) is 0 Å². The Morgan fingerprint density at radius 1 is 0.440 bits per heavy atom. The predicted octanol–water partition coefficient (Wildman–Crippen LogP) is 7.80. The summed E-state index contributed by atoms with van der Waals surface area (Å²) in [5, 5.41) is 10.7. The summed E-state index contributed by atoms with van der Waals surface area (Å²) in [4.78, 5) is 0. The molecule has 0 radical (unpaired) electrons. The van der Waals surface area contributed by atoms with Gasteiger partial charge in [-0.3, -0.25) is 0 Å². The summed E-state index contributed by atoms with van der Waals surface area (Å²) in [6.45, 7) is 13.7. The second-order valence-electron chi connectivity index (χ2n) is 13.5. The first kappa shape index (κ1) is 39.5. The molecular formula is C46H44Cl2SiZr-2. The van der Waals surface area contributed by atoms with Crippen molar-refractivity contribution >= 4 is 48.5 Å². The van der Waals surface area contributed by atoms with Crippen molar-refractivity contribution in [1.29, 1.82) is 0 Å². The predicted molar refractivity (Wildman–Crippen MR) is 211 cm³/mol. The van der Waals surface area contributed by atoms with Crippen LogP contribution in [0.3, 0.4) is 0 Å². The molecule has 50 heavy (non-hydrogen) atoms. The second kappa shape index (κ2) is 17.8. The van der Waals surface area contributed by atoms with Crippen molar-refractivity contribution in [2.45, 2.75) is 52.6 Å². The molecule has 0 aliphatic rings. The molecule has 252 valence electrons. The Hall–Kier alpha value is -3.26. The Labute approximate surface area is 325 Å². The Kier molecular flexibility index (Phi) is 14.1. The molecule has 0 fully saturated rings. The number of halogens is 2. The van der Waals surface area contributed by atoms with E-state index in [1.165, 1.54) is 76.5 Å². The van der Waals surface area contributed by atoms with E-state index < -0.39 is 0 Å². The topological polar surface area (TPSA) is 0 Å². The normalized spacial score (nSPS) is 10.8. The molecule has 0 saturated carbocycles. The molecule has 8 aromatic carbocycles. The van der Waals surface area contributed by atoms with Crippen molar-refractivity contribution in [1.82, 2.24) is 0 Å². The zero-order valence-corrected chi connectivity index (χ0v) is 34.7. The molecule has 0 heterocycles. The molecule has 0 N–H and O–H groups in total. The van der Waals surface area contributed by atoms with Gasteiger partial charge in [-0.15, -0.1) is 92.3 Å². The first-order valence-electron chi connectivity index (χ1n) is 17.1. The third kappa shape index (κ3) is 8.43. The summed E-state index contributed by atoms with van der Waals surface area (Å²) in [6.07, 6.45) is 0. The minimum atomic E-state index is 0. The van der Waals surface area contributed by atoms with Crippen LogP contribution in [-0.4, -0.2) is 5.43 Å². The van der Waals surface area contributed by atoms with E-state index in [0.717, 1.165) is 0 Å². The SMILES string of the molecule is CC(C)c1[cH-]c2ccccc2c1-c1cccc2ccccc12.CC(C)c1[cH-]c2ccccc2c1-c1cccc2ccccc12.C[Si](C)=[Zr+2].[Cl-].[Cl-]. The van der Waals surface area contributed by atoms with E-state index in [0.29, 0.717) is 11.8 Å². The van der Waals surface area contributed by atoms with Crippen LogP contribution in [-0.2, 0) is 23.3 Å². The Morgan fingerprint density at radius 3 is 1.10 bits per heavy atom. The van der Waals surface area contributed by atoms with Crippen LogP contribution < -0.4 is 24.8 Å². The third-order valence-corrected chi connectivity index (χ3v) is 9.02. The molecule has 8 rings (SSSR count). The van der Waals surface area contributed by atoms with Crippen LogP contribution in [0.2, 0.25) is 13.1 Å². The maximum absolute atomic E-state index is 2.36. The summed E-state index contributed by atoms with van der Waals surface area (Å²) in [5.41, 5.74) is 8.60. The fourth-order valence-electron chi connectivity index (χ4n) is 6.89. The largest absolute Gasteiger partial charge is 1.00 e. The molecule has 0 amide bonds. The molecule has 0 spiro atoms. The van der Waals surface area contributed by atoms with Gasteiger partial charge in [-0.1, -0.05) is 136 Å². The van der Waals surface area contributed by atoms with Gasteiger partial charge >= 0.3 is 41.9 Å².